The molecule has 1 atom stereocenters. The minimum absolute atomic E-state index is 0.0760. The lowest BCUT2D eigenvalue weighted by molar-refractivity contribution is -0.115. The molecule has 3 nitrogen and oxygen atoms in total. The number of amides is 1. The first-order valence-corrected chi connectivity index (χ1v) is 9.20. The minimum Gasteiger partial charge on any atom is -0.324 e. The van der Waals surface area contributed by atoms with Gasteiger partial charge in [-0.05, 0) is 36.8 Å². The van der Waals surface area contributed by atoms with E-state index in [1.807, 2.05) is 66.7 Å². The average Bonchev–Trinajstić information content (AvgIpc) is 2.68. The summed E-state index contributed by atoms with van der Waals surface area (Å²) in [7, 11) is 0. The summed E-state index contributed by atoms with van der Waals surface area (Å²) in [6, 6.07) is 26.5. The fourth-order valence-corrected chi connectivity index (χ4v) is 3.68. The summed E-state index contributed by atoms with van der Waals surface area (Å²) in [6.07, 6.45) is 0. The number of hydrogen-bond acceptors (Lipinski definition) is 3. The van der Waals surface area contributed by atoms with E-state index in [2.05, 4.69) is 5.32 Å². The van der Waals surface area contributed by atoms with Crippen molar-refractivity contribution in [3.05, 3.63) is 96.1 Å². The van der Waals surface area contributed by atoms with Gasteiger partial charge in [0.1, 0.15) is 5.25 Å². The number of Topliss-reactive ketones (excluding diaryl/α,β-unsaturated/α-hetero) is 1. The van der Waals surface area contributed by atoms with Crippen molar-refractivity contribution in [3.8, 4) is 0 Å². The van der Waals surface area contributed by atoms with Gasteiger partial charge in [-0.25, -0.2) is 0 Å². The van der Waals surface area contributed by atoms with Crippen LogP contribution in [0.15, 0.2) is 89.8 Å². The summed E-state index contributed by atoms with van der Waals surface area (Å²) in [5.74, 6) is -0.230. The van der Waals surface area contributed by atoms with Gasteiger partial charge in [0.2, 0.25) is 5.91 Å². The standard InChI is InChI=1S/C22H19NO2S/c1-16(24)19-14-8-9-15-20(19)23-22(25)21(17-10-4-2-5-11-17)26-18-12-6-3-7-13-18/h2-15,21H,1H3,(H,23,25)/t21-/m1/s1. The van der Waals surface area contributed by atoms with E-state index >= 15 is 0 Å². The zero-order valence-corrected chi connectivity index (χ0v) is 15.2. The zero-order valence-electron chi connectivity index (χ0n) is 14.4. The molecule has 0 aliphatic rings. The Kier molecular flexibility index (Phi) is 5.87. The maximum atomic E-state index is 13.0. The van der Waals surface area contributed by atoms with E-state index in [0.29, 0.717) is 11.3 Å². The molecule has 3 rings (SSSR count). The number of nitrogens with one attached hydrogen (secondary N) is 1. The lowest BCUT2D eigenvalue weighted by Crippen LogP contribution is -2.20. The predicted octanol–water partition coefficient (Wildman–Crippen LogP) is 5.36. The van der Waals surface area contributed by atoms with Crippen molar-refractivity contribution in [1.82, 2.24) is 0 Å². The van der Waals surface area contributed by atoms with Crippen LogP contribution in [0.1, 0.15) is 28.1 Å². The lowest BCUT2D eigenvalue weighted by Gasteiger charge is -2.18. The van der Waals surface area contributed by atoms with E-state index in [-0.39, 0.29) is 11.7 Å². The highest BCUT2D eigenvalue weighted by molar-refractivity contribution is 8.00. The van der Waals surface area contributed by atoms with E-state index in [9.17, 15) is 9.59 Å². The molecule has 0 fully saturated rings. The van der Waals surface area contributed by atoms with Crippen molar-refractivity contribution in [2.24, 2.45) is 0 Å². The van der Waals surface area contributed by atoms with Gasteiger partial charge in [0, 0.05) is 10.5 Å². The molecule has 3 aromatic carbocycles. The Morgan fingerprint density at radius 1 is 0.808 bits per heavy atom. The molecular formula is C22H19NO2S. The highest BCUT2D eigenvalue weighted by atomic mass is 32.2. The molecule has 1 amide bonds. The summed E-state index contributed by atoms with van der Waals surface area (Å²) in [4.78, 5) is 25.9. The molecule has 1 N–H and O–H groups in total. The van der Waals surface area contributed by atoms with Crippen molar-refractivity contribution in [1.29, 1.82) is 0 Å². The molecular weight excluding hydrogens is 342 g/mol. The van der Waals surface area contributed by atoms with Crippen molar-refractivity contribution < 1.29 is 9.59 Å². The molecule has 130 valence electrons. The Morgan fingerprint density at radius 2 is 1.38 bits per heavy atom. The summed E-state index contributed by atoms with van der Waals surface area (Å²) < 4.78 is 0. The van der Waals surface area contributed by atoms with Gasteiger partial charge in [0.05, 0.1) is 5.69 Å². The van der Waals surface area contributed by atoms with Gasteiger partial charge in [-0.15, -0.1) is 11.8 Å². The van der Waals surface area contributed by atoms with Crippen LogP contribution in [-0.2, 0) is 4.79 Å². The van der Waals surface area contributed by atoms with Crippen molar-refractivity contribution in [2.75, 3.05) is 5.32 Å². The first-order chi connectivity index (χ1) is 12.6. The molecule has 0 saturated carbocycles. The van der Waals surface area contributed by atoms with Gasteiger partial charge in [-0.1, -0.05) is 60.7 Å². The van der Waals surface area contributed by atoms with Gasteiger partial charge in [-0.3, -0.25) is 9.59 Å². The first-order valence-electron chi connectivity index (χ1n) is 8.32. The first kappa shape index (κ1) is 18.0. The second kappa shape index (κ2) is 8.50. The number of ketones is 1. The fourth-order valence-electron chi connectivity index (χ4n) is 2.63. The highest BCUT2D eigenvalue weighted by Gasteiger charge is 2.23. The molecule has 0 aliphatic carbocycles. The number of carbonyl (C=O) groups is 2. The van der Waals surface area contributed by atoms with Crippen LogP contribution in [0.3, 0.4) is 0 Å². The largest absolute Gasteiger partial charge is 0.324 e. The summed E-state index contributed by atoms with van der Waals surface area (Å²) in [6.45, 7) is 1.50. The second-order valence-electron chi connectivity index (χ2n) is 5.81. The topological polar surface area (TPSA) is 46.2 Å². The normalized spacial score (nSPS) is 11.6. The quantitative estimate of drug-likeness (QED) is 0.475. The molecule has 0 saturated heterocycles. The van der Waals surface area contributed by atoms with Gasteiger partial charge in [-0.2, -0.15) is 0 Å². The maximum absolute atomic E-state index is 13.0. The third kappa shape index (κ3) is 4.41. The third-order valence-electron chi connectivity index (χ3n) is 3.90. The minimum atomic E-state index is -0.418. The van der Waals surface area contributed by atoms with E-state index < -0.39 is 5.25 Å². The number of para-hydroxylation sites is 1. The molecule has 0 heterocycles. The SMILES string of the molecule is CC(=O)c1ccccc1NC(=O)[C@H](Sc1ccccc1)c1ccccc1. The molecule has 0 aliphatic heterocycles. The number of benzene rings is 3. The van der Waals surface area contributed by atoms with Gasteiger partial charge in [0.25, 0.3) is 0 Å². The van der Waals surface area contributed by atoms with Crippen LogP contribution in [0, 0.1) is 0 Å². The molecule has 0 unspecified atom stereocenters. The molecule has 4 heteroatoms. The third-order valence-corrected chi connectivity index (χ3v) is 5.17. The average molecular weight is 361 g/mol. The number of rotatable bonds is 6. The van der Waals surface area contributed by atoms with Crippen molar-refractivity contribution in [2.45, 2.75) is 17.1 Å². The molecule has 0 spiro atoms. The number of thioether (sulfide) groups is 1. The molecule has 0 aromatic heterocycles. The summed E-state index contributed by atoms with van der Waals surface area (Å²) in [5, 5.41) is 2.51. The summed E-state index contributed by atoms with van der Waals surface area (Å²) >= 11 is 1.49. The summed E-state index contributed by atoms with van der Waals surface area (Å²) in [5.41, 5.74) is 1.97. The Hall–Kier alpha value is -2.85. The van der Waals surface area contributed by atoms with E-state index in [4.69, 9.17) is 0 Å². The Balaban J connectivity index is 1.89. The maximum Gasteiger partial charge on any atom is 0.242 e. The molecule has 3 aromatic rings. The van der Waals surface area contributed by atoms with Crippen LogP contribution in [0.25, 0.3) is 0 Å². The smallest absolute Gasteiger partial charge is 0.242 e. The van der Waals surface area contributed by atoms with Crippen LogP contribution in [0.2, 0.25) is 0 Å². The Morgan fingerprint density at radius 3 is 2.04 bits per heavy atom. The van der Waals surface area contributed by atoms with Gasteiger partial charge >= 0.3 is 0 Å². The predicted molar refractivity (Wildman–Crippen MR) is 107 cm³/mol. The molecule has 0 radical (unpaired) electrons. The number of anilines is 1. The van der Waals surface area contributed by atoms with E-state index in [1.165, 1.54) is 18.7 Å². The van der Waals surface area contributed by atoms with Crippen LogP contribution in [0.5, 0.6) is 0 Å². The van der Waals surface area contributed by atoms with Crippen LogP contribution >= 0.6 is 11.8 Å². The van der Waals surface area contributed by atoms with Crippen molar-refractivity contribution in [3.63, 3.8) is 0 Å². The van der Waals surface area contributed by atoms with Gasteiger partial charge in [0.15, 0.2) is 5.78 Å². The van der Waals surface area contributed by atoms with Crippen LogP contribution in [-0.4, -0.2) is 11.7 Å². The van der Waals surface area contributed by atoms with E-state index in [0.717, 1.165) is 10.5 Å². The Bertz CT molecular complexity index is 894. The highest BCUT2D eigenvalue weighted by Crippen LogP contribution is 2.36. The van der Waals surface area contributed by atoms with E-state index in [1.54, 1.807) is 18.2 Å². The number of hydrogen-bond donors (Lipinski definition) is 1. The second-order valence-corrected chi connectivity index (χ2v) is 6.99. The Labute approximate surface area is 157 Å². The van der Waals surface area contributed by atoms with Crippen molar-refractivity contribution >= 4 is 29.1 Å². The monoisotopic (exact) mass is 361 g/mol. The fraction of sp³-hybridized carbons (Fsp3) is 0.0909. The van der Waals surface area contributed by atoms with Crippen LogP contribution in [0.4, 0.5) is 5.69 Å². The molecule has 0 bridgehead atoms. The molecule has 26 heavy (non-hydrogen) atoms. The van der Waals surface area contributed by atoms with Crippen LogP contribution < -0.4 is 5.32 Å². The zero-order chi connectivity index (χ0) is 18.4. The lowest BCUT2D eigenvalue weighted by atomic mass is 10.1. The number of carbonyl (C=O) groups excluding carboxylic acids is 2. The van der Waals surface area contributed by atoms with Gasteiger partial charge < -0.3 is 5.32 Å².